The molecular weight excluding hydrogens is 230 g/mol. The van der Waals surface area contributed by atoms with E-state index >= 15 is 0 Å². The monoisotopic (exact) mass is 245 g/mol. The van der Waals surface area contributed by atoms with Crippen LogP contribution in [0, 0.1) is 0 Å². The first-order valence-electron chi connectivity index (χ1n) is 6.01. The second-order valence-corrected chi connectivity index (χ2v) is 5.54. The topological polar surface area (TPSA) is 3.24 Å². The Balaban J connectivity index is 2.23. The third-order valence-electron chi connectivity index (χ3n) is 3.75. The van der Waals surface area contributed by atoms with Crippen LogP contribution >= 0.6 is 11.6 Å². The van der Waals surface area contributed by atoms with Crippen LogP contribution in [0.2, 0.25) is 5.02 Å². The van der Waals surface area contributed by atoms with Gasteiger partial charge in [0.15, 0.2) is 0 Å². The van der Waals surface area contributed by atoms with Crippen LogP contribution in [0.4, 0.5) is 0 Å². The molecule has 1 atom stereocenters. The summed E-state index contributed by atoms with van der Waals surface area (Å²) in [7, 11) is 4.31. The number of halogens is 1. The molecule has 1 aliphatic carbocycles. The normalized spacial score (nSPS) is 18.9. The quantitative estimate of drug-likeness (QED) is 0.743. The molecule has 0 saturated carbocycles. The second-order valence-electron chi connectivity index (χ2n) is 5.11. The van der Waals surface area contributed by atoms with Gasteiger partial charge in [0, 0.05) is 11.1 Å². The van der Waals surface area contributed by atoms with E-state index in [0.717, 1.165) is 17.9 Å². The molecule has 0 amide bonds. The lowest BCUT2D eigenvalue weighted by molar-refractivity contribution is 0.287. The van der Waals surface area contributed by atoms with Crippen LogP contribution in [0.15, 0.2) is 30.3 Å². The molecule has 0 N–H and O–H groups in total. The fourth-order valence-electron chi connectivity index (χ4n) is 2.84. The molecule has 0 spiro atoms. The smallest absolute Gasteiger partial charge is 0.0415 e. The third-order valence-corrected chi connectivity index (χ3v) is 3.97. The molecule has 0 aliphatic heterocycles. The van der Waals surface area contributed by atoms with Crippen LogP contribution in [0.3, 0.4) is 0 Å². The van der Waals surface area contributed by atoms with E-state index in [1.165, 1.54) is 21.9 Å². The summed E-state index contributed by atoms with van der Waals surface area (Å²) >= 11 is 6.19. The molecule has 1 nitrogen and oxygen atoms in total. The van der Waals surface area contributed by atoms with Gasteiger partial charge in [-0.2, -0.15) is 0 Å². The standard InChI is InChI=1S/C15H16ClN/c1-17(2)14-8-11-5-3-4-10-6-13(16)7-12(9-14)15(10)11/h3-7,14H,8-9H2,1-2H3. The maximum atomic E-state index is 6.19. The van der Waals surface area contributed by atoms with E-state index in [0.29, 0.717) is 6.04 Å². The maximum absolute atomic E-state index is 6.19. The van der Waals surface area contributed by atoms with Crippen LogP contribution in [0.25, 0.3) is 10.8 Å². The largest absolute Gasteiger partial charge is 0.306 e. The van der Waals surface area contributed by atoms with E-state index < -0.39 is 0 Å². The summed E-state index contributed by atoms with van der Waals surface area (Å²) in [6, 6.07) is 11.3. The first-order chi connectivity index (χ1) is 8.15. The number of hydrogen-bond donors (Lipinski definition) is 0. The molecule has 2 aromatic rings. The van der Waals surface area contributed by atoms with Crippen LogP contribution in [-0.4, -0.2) is 25.0 Å². The van der Waals surface area contributed by atoms with E-state index in [-0.39, 0.29) is 0 Å². The van der Waals surface area contributed by atoms with Crippen molar-refractivity contribution in [1.29, 1.82) is 0 Å². The molecular formula is C15H16ClN. The van der Waals surface area contributed by atoms with Crippen molar-refractivity contribution in [2.75, 3.05) is 14.1 Å². The highest BCUT2D eigenvalue weighted by Gasteiger charge is 2.22. The molecule has 1 unspecified atom stereocenters. The van der Waals surface area contributed by atoms with E-state index in [9.17, 15) is 0 Å². The zero-order chi connectivity index (χ0) is 12.0. The SMILES string of the molecule is CN(C)C1Cc2cccc3cc(Cl)cc(c23)C1. The molecule has 1 aliphatic rings. The van der Waals surface area contributed by atoms with Crippen LogP contribution in [-0.2, 0) is 12.8 Å². The molecule has 0 bridgehead atoms. The summed E-state index contributed by atoms with van der Waals surface area (Å²) in [5.41, 5.74) is 2.85. The molecule has 0 radical (unpaired) electrons. The Morgan fingerprint density at radius 1 is 1.12 bits per heavy atom. The number of benzene rings is 2. The summed E-state index contributed by atoms with van der Waals surface area (Å²) < 4.78 is 0. The Kier molecular flexibility index (Phi) is 2.61. The second kappa shape index (κ2) is 4.01. The summed E-state index contributed by atoms with van der Waals surface area (Å²) in [5.74, 6) is 0. The molecule has 3 rings (SSSR count). The van der Waals surface area contributed by atoms with Gasteiger partial charge in [-0.15, -0.1) is 0 Å². The van der Waals surface area contributed by atoms with Crippen molar-refractivity contribution in [3.05, 3.63) is 46.5 Å². The lowest BCUT2D eigenvalue weighted by atomic mass is 9.85. The Morgan fingerprint density at radius 3 is 2.65 bits per heavy atom. The van der Waals surface area contributed by atoms with Crippen molar-refractivity contribution in [2.45, 2.75) is 18.9 Å². The molecule has 0 saturated heterocycles. The van der Waals surface area contributed by atoms with E-state index in [1.54, 1.807) is 0 Å². The van der Waals surface area contributed by atoms with Crippen LogP contribution < -0.4 is 0 Å². The number of hydrogen-bond acceptors (Lipinski definition) is 1. The summed E-state index contributed by atoms with van der Waals surface area (Å²) in [6.45, 7) is 0. The minimum Gasteiger partial charge on any atom is -0.306 e. The van der Waals surface area contributed by atoms with Gasteiger partial charge in [-0.1, -0.05) is 29.8 Å². The van der Waals surface area contributed by atoms with E-state index in [2.05, 4.69) is 49.3 Å². The van der Waals surface area contributed by atoms with Crippen molar-refractivity contribution in [2.24, 2.45) is 0 Å². The van der Waals surface area contributed by atoms with Crippen molar-refractivity contribution >= 4 is 22.4 Å². The Morgan fingerprint density at radius 2 is 1.88 bits per heavy atom. The van der Waals surface area contributed by atoms with Gasteiger partial charge in [0.1, 0.15) is 0 Å². The molecule has 0 heterocycles. The highest BCUT2D eigenvalue weighted by Crippen LogP contribution is 2.33. The minimum atomic E-state index is 0.589. The predicted octanol–water partition coefficient (Wildman–Crippen LogP) is 3.52. The van der Waals surface area contributed by atoms with Gasteiger partial charge >= 0.3 is 0 Å². The molecule has 0 fully saturated rings. The van der Waals surface area contributed by atoms with Gasteiger partial charge in [-0.3, -0.25) is 0 Å². The van der Waals surface area contributed by atoms with Crippen LogP contribution in [0.5, 0.6) is 0 Å². The number of likely N-dealkylation sites (N-methyl/N-ethyl adjacent to an activating group) is 1. The molecule has 2 aromatic carbocycles. The maximum Gasteiger partial charge on any atom is 0.0415 e. The summed E-state index contributed by atoms with van der Waals surface area (Å²) in [6.07, 6.45) is 2.24. The van der Waals surface area contributed by atoms with Crippen LogP contribution in [0.1, 0.15) is 11.1 Å². The fourth-order valence-corrected chi connectivity index (χ4v) is 3.09. The fraction of sp³-hybridized carbons (Fsp3) is 0.333. The summed E-state index contributed by atoms with van der Waals surface area (Å²) in [5, 5.41) is 3.56. The van der Waals surface area contributed by atoms with Gasteiger partial charge < -0.3 is 4.90 Å². The van der Waals surface area contributed by atoms with Crippen molar-refractivity contribution < 1.29 is 0 Å². The van der Waals surface area contributed by atoms with Gasteiger partial charge in [-0.05, 0) is 61.0 Å². The first kappa shape index (κ1) is 11.1. The predicted molar refractivity (Wildman–Crippen MR) is 73.8 cm³/mol. The number of rotatable bonds is 1. The highest BCUT2D eigenvalue weighted by atomic mass is 35.5. The third kappa shape index (κ3) is 1.84. The average molecular weight is 246 g/mol. The highest BCUT2D eigenvalue weighted by molar-refractivity contribution is 6.31. The van der Waals surface area contributed by atoms with Gasteiger partial charge in [0.2, 0.25) is 0 Å². The zero-order valence-electron chi connectivity index (χ0n) is 10.2. The van der Waals surface area contributed by atoms with Crippen molar-refractivity contribution in [3.63, 3.8) is 0 Å². The zero-order valence-corrected chi connectivity index (χ0v) is 11.0. The molecule has 88 valence electrons. The Hall–Kier alpha value is -1.05. The Bertz CT molecular complexity index is 574. The lowest BCUT2D eigenvalue weighted by Crippen LogP contribution is -2.34. The van der Waals surface area contributed by atoms with Gasteiger partial charge in [0.05, 0.1) is 0 Å². The lowest BCUT2D eigenvalue weighted by Gasteiger charge is -2.30. The van der Waals surface area contributed by atoms with Gasteiger partial charge in [-0.25, -0.2) is 0 Å². The number of nitrogens with zero attached hydrogens (tertiary/aromatic N) is 1. The first-order valence-corrected chi connectivity index (χ1v) is 6.39. The molecule has 2 heteroatoms. The average Bonchev–Trinajstić information content (AvgIpc) is 2.28. The molecule has 17 heavy (non-hydrogen) atoms. The van der Waals surface area contributed by atoms with Gasteiger partial charge in [0.25, 0.3) is 0 Å². The summed E-state index contributed by atoms with van der Waals surface area (Å²) in [4.78, 5) is 2.31. The van der Waals surface area contributed by atoms with E-state index in [1.807, 2.05) is 0 Å². The molecule has 0 aromatic heterocycles. The Labute approximate surface area is 107 Å². The van der Waals surface area contributed by atoms with E-state index in [4.69, 9.17) is 11.6 Å². The minimum absolute atomic E-state index is 0.589. The van der Waals surface area contributed by atoms with Crippen molar-refractivity contribution in [3.8, 4) is 0 Å². The van der Waals surface area contributed by atoms with Crippen molar-refractivity contribution in [1.82, 2.24) is 4.90 Å².